The summed E-state index contributed by atoms with van der Waals surface area (Å²) >= 11 is 0. The lowest BCUT2D eigenvalue weighted by Gasteiger charge is -2.34. The molecule has 0 aromatic rings. The van der Waals surface area contributed by atoms with Crippen molar-refractivity contribution in [3.05, 3.63) is 23.9 Å². The maximum atomic E-state index is 2.62. The summed E-state index contributed by atoms with van der Waals surface area (Å²) in [6.07, 6.45) is 18.3. The Labute approximate surface area is 119 Å². The van der Waals surface area contributed by atoms with Gasteiger partial charge in [0.1, 0.15) is 0 Å². The van der Waals surface area contributed by atoms with E-state index < -0.39 is 0 Å². The van der Waals surface area contributed by atoms with Crippen molar-refractivity contribution in [2.75, 3.05) is 6.54 Å². The molecule has 0 radical (unpaired) electrons. The highest BCUT2D eigenvalue weighted by molar-refractivity contribution is 5.25. The van der Waals surface area contributed by atoms with Crippen molar-refractivity contribution in [3.8, 4) is 0 Å². The fourth-order valence-electron chi connectivity index (χ4n) is 3.26. The fraction of sp³-hybridized carbons (Fsp3) is 0.778. The number of nitrogens with zero attached hydrogens (tertiary/aromatic N) is 1. The molecule has 0 N–H and O–H groups in total. The van der Waals surface area contributed by atoms with Gasteiger partial charge >= 0.3 is 0 Å². The largest absolute Gasteiger partial charge is 0.371 e. The number of hydrogen-bond donors (Lipinski definition) is 0. The van der Waals surface area contributed by atoms with Crippen molar-refractivity contribution < 1.29 is 0 Å². The van der Waals surface area contributed by atoms with Gasteiger partial charge in [-0.3, -0.25) is 0 Å². The highest BCUT2D eigenvalue weighted by Gasteiger charge is 2.20. The van der Waals surface area contributed by atoms with E-state index in [9.17, 15) is 0 Å². The van der Waals surface area contributed by atoms with Crippen LogP contribution in [-0.2, 0) is 0 Å². The summed E-state index contributed by atoms with van der Waals surface area (Å²) in [7, 11) is 0. The molecule has 108 valence electrons. The van der Waals surface area contributed by atoms with Gasteiger partial charge < -0.3 is 4.90 Å². The zero-order valence-electron chi connectivity index (χ0n) is 13.1. The molecule has 0 aromatic heterocycles. The maximum absolute atomic E-state index is 2.62. The first-order valence-corrected chi connectivity index (χ1v) is 8.19. The first-order chi connectivity index (χ1) is 9.04. The van der Waals surface area contributed by atoms with Crippen LogP contribution in [0.4, 0.5) is 0 Å². The Hall–Kier alpha value is -0.720. The van der Waals surface area contributed by atoms with E-state index in [-0.39, 0.29) is 0 Å². The molecule has 2 heterocycles. The summed E-state index contributed by atoms with van der Waals surface area (Å²) in [5, 5.41) is 0. The highest BCUT2D eigenvalue weighted by Crippen LogP contribution is 2.29. The second kappa shape index (κ2) is 6.63. The van der Waals surface area contributed by atoms with E-state index in [4.69, 9.17) is 0 Å². The van der Waals surface area contributed by atoms with Gasteiger partial charge in [0.25, 0.3) is 0 Å². The molecule has 1 unspecified atom stereocenters. The molecule has 2 aliphatic rings. The third-order valence-electron chi connectivity index (χ3n) is 4.19. The maximum Gasteiger partial charge on any atom is 0.0470 e. The molecule has 0 spiro atoms. The summed E-state index contributed by atoms with van der Waals surface area (Å²) in [6, 6.07) is 0.668. The van der Waals surface area contributed by atoms with Gasteiger partial charge in [0.2, 0.25) is 0 Å². The lowest BCUT2D eigenvalue weighted by molar-refractivity contribution is 0.275. The van der Waals surface area contributed by atoms with E-state index in [0.29, 0.717) is 11.5 Å². The first kappa shape index (κ1) is 14.7. The molecule has 1 heteroatoms. The minimum absolute atomic E-state index is 0.389. The summed E-state index contributed by atoms with van der Waals surface area (Å²) in [6.45, 7) is 8.24. The Morgan fingerprint density at radius 3 is 2.47 bits per heavy atom. The van der Waals surface area contributed by atoms with Crippen LogP contribution in [0.15, 0.2) is 23.9 Å². The van der Waals surface area contributed by atoms with Gasteiger partial charge in [-0.1, -0.05) is 65.0 Å². The molecular weight excluding hydrogens is 230 g/mol. The average Bonchev–Trinajstić information content (AvgIpc) is 2.33. The predicted octanol–water partition coefficient (Wildman–Crippen LogP) is 5.29. The van der Waals surface area contributed by atoms with Crippen LogP contribution in [0, 0.1) is 5.41 Å². The van der Waals surface area contributed by atoms with Gasteiger partial charge in [0.05, 0.1) is 0 Å². The Kier molecular flexibility index (Phi) is 5.13. The van der Waals surface area contributed by atoms with Gasteiger partial charge in [-0.15, -0.1) is 0 Å². The van der Waals surface area contributed by atoms with Crippen molar-refractivity contribution >= 4 is 0 Å². The molecule has 1 fully saturated rings. The van der Waals surface area contributed by atoms with E-state index in [1.165, 1.54) is 63.5 Å². The number of rotatable bonds is 1. The van der Waals surface area contributed by atoms with E-state index >= 15 is 0 Å². The van der Waals surface area contributed by atoms with Crippen LogP contribution in [-0.4, -0.2) is 17.5 Å². The highest BCUT2D eigenvalue weighted by atomic mass is 15.1. The van der Waals surface area contributed by atoms with Gasteiger partial charge in [0.15, 0.2) is 0 Å². The monoisotopic (exact) mass is 261 g/mol. The lowest BCUT2D eigenvalue weighted by atomic mass is 9.86. The second-order valence-corrected chi connectivity index (χ2v) is 7.52. The standard InChI is InChI=1S/C18H31N/c1-18(2,3)14-16-11-12-17-10-8-6-4-5-7-9-13-19(17)15-16/h11-12,15,17H,4-10,13-14H2,1-3H3. The smallest absolute Gasteiger partial charge is 0.0470 e. The van der Waals surface area contributed by atoms with Crippen LogP contribution in [0.3, 0.4) is 0 Å². The molecule has 0 saturated carbocycles. The summed E-state index contributed by atoms with van der Waals surface area (Å²) in [5.41, 5.74) is 1.90. The Morgan fingerprint density at radius 2 is 1.74 bits per heavy atom. The van der Waals surface area contributed by atoms with Gasteiger partial charge in [-0.2, -0.15) is 0 Å². The Morgan fingerprint density at radius 1 is 1.05 bits per heavy atom. The molecule has 0 aromatic carbocycles. The van der Waals surface area contributed by atoms with Crippen LogP contribution in [0.2, 0.25) is 0 Å². The van der Waals surface area contributed by atoms with Crippen LogP contribution in [0.5, 0.6) is 0 Å². The van der Waals surface area contributed by atoms with E-state index in [2.05, 4.69) is 44.0 Å². The van der Waals surface area contributed by atoms with Crippen molar-refractivity contribution in [2.24, 2.45) is 5.41 Å². The third kappa shape index (κ3) is 5.04. The zero-order chi connectivity index (χ0) is 13.7. The second-order valence-electron chi connectivity index (χ2n) is 7.52. The summed E-state index contributed by atoms with van der Waals surface area (Å²) in [4.78, 5) is 2.62. The lowest BCUT2D eigenvalue weighted by Crippen LogP contribution is -2.33. The summed E-state index contributed by atoms with van der Waals surface area (Å²) in [5.74, 6) is 0. The van der Waals surface area contributed by atoms with Crippen molar-refractivity contribution in [2.45, 2.75) is 78.2 Å². The van der Waals surface area contributed by atoms with Crippen molar-refractivity contribution in [3.63, 3.8) is 0 Å². The topological polar surface area (TPSA) is 3.24 Å². The van der Waals surface area contributed by atoms with E-state index in [1.54, 1.807) is 0 Å². The molecule has 0 bridgehead atoms. The zero-order valence-corrected chi connectivity index (χ0v) is 13.1. The minimum atomic E-state index is 0.389. The molecule has 1 atom stereocenters. The summed E-state index contributed by atoms with van der Waals surface area (Å²) < 4.78 is 0. The van der Waals surface area contributed by atoms with Gasteiger partial charge in [-0.05, 0) is 30.3 Å². The van der Waals surface area contributed by atoms with Gasteiger partial charge in [0, 0.05) is 18.8 Å². The molecule has 1 saturated heterocycles. The number of hydrogen-bond acceptors (Lipinski definition) is 1. The molecule has 2 aliphatic heterocycles. The fourth-order valence-corrected chi connectivity index (χ4v) is 3.26. The van der Waals surface area contributed by atoms with E-state index in [1.807, 2.05) is 0 Å². The van der Waals surface area contributed by atoms with Crippen LogP contribution >= 0.6 is 0 Å². The van der Waals surface area contributed by atoms with E-state index in [0.717, 1.165) is 0 Å². The average molecular weight is 261 g/mol. The molecule has 19 heavy (non-hydrogen) atoms. The van der Waals surface area contributed by atoms with Crippen LogP contribution in [0.1, 0.15) is 72.1 Å². The van der Waals surface area contributed by atoms with Crippen molar-refractivity contribution in [1.29, 1.82) is 0 Å². The van der Waals surface area contributed by atoms with Crippen LogP contribution < -0.4 is 0 Å². The SMILES string of the molecule is CC(C)(C)CC1=CN2CCCCCCCCC2C=C1. The molecule has 0 amide bonds. The Bertz CT molecular complexity index is 332. The van der Waals surface area contributed by atoms with Crippen molar-refractivity contribution in [1.82, 2.24) is 4.90 Å². The molecule has 0 aliphatic carbocycles. The third-order valence-corrected chi connectivity index (χ3v) is 4.19. The molecule has 2 rings (SSSR count). The number of fused-ring (bicyclic) bond motifs is 1. The first-order valence-electron chi connectivity index (χ1n) is 8.19. The minimum Gasteiger partial charge on any atom is -0.371 e. The molecular formula is C18H31N. The molecule has 1 nitrogen and oxygen atoms in total. The Balaban J connectivity index is 2.00. The number of allylic oxidation sites excluding steroid dienone is 2. The predicted molar refractivity (Wildman–Crippen MR) is 84.1 cm³/mol. The quantitative estimate of drug-likeness (QED) is 0.620. The normalized spacial score (nSPS) is 25.7. The van der Waals surface area contributed by atoms with Crippen LogP contribution in [0.25, 0.3) is 0 Å². The van der Waals surface area contributed by atoms with Gasteiger partial charge in [-0.25, -0.2) is 0 Å².